The SMILES string of the molecule is COc1ccc(-c2nc(CN3CCOC(C)C3)cs2)cc1. The van der Waals surface area contributed by atoms with Gasteiger partial charge >= 0.3 is 0 Å². The molecule has 1 aromatic heterocycles. The molecule has 3 rings (SSSR count). The van der Waals surface area contributed by atoms with E-state index >= 15 is 0 Å². The van der Waals surface area contributed by atoms with E-state index in [1.165, 1.54) is 0 Å². The van der Waals surface area contributed by atoms with E-state index in [-0.39, 0.29) is 0 Å². The fraction of sp³-hybridized carbons (Fsp3) is 0.438. The van der Waals surface area contributed by atoms with Crippen LogP contribution in [0.4, 0.5) is 0 Å². The molecule has 0 amide bonds. The van der Waals surface area contributed by atoms with E-state index in [4.69, 9.17) is 14.5 Å². The van der Waals surface area contributed by atoms with Crippen LogP contribution in [-0.2, 0) is 11.3 Å². The van der Waals surface area contributed by atoms with Gasteiger partial charge in [-0.25, -0.2) is 4.98 Å². The van der Waals surface area contributed by atoms with Crippen molar-refractivity contribution in [3.8, 4) is 16.3 Å². The maximum Gasteiger partial charge on any atom is 0.123 e. The van der Waals surface area contributed by atoms with E-state index in [1.807, 2.05) is 12.1 Å². The van der Waals surface area contributed by atoms with Crippen LogP contribution in [0.1, 0.15) is 12.6 Å². The highest BCUT2D eigenvalue weighted by atomic mass is 32.1. The summed E-state index contributed by atoms with van der Waals surface area (Å²) in [4.78, 5) is 7.15. The summed E-state index contributed by atoms with van der Waals surface area (Å²) in [6.45, 7) is 5.81. The third-order valence-electron chi connectivity index (χ3n) is 3.60. The summed E-state index contributed by atoms with van der Waals surface area (Å²) in [6, 6.07) is 8.05. The molecule has 1 aliphatic heterocycles. The van der Waals surface area contributed by atoms with Crippen molar-refractivity contribution in [1.82, 2.24) is 9.88 Å². The second kappa shape index (κ2) is 6.56. The van der Waals surface area contributed by atoms with E-state index in [2.05, 4.69) is 29.3 Å². The number of hydrogen-bond donors (Lipinski definition) is 0. The molecule has 1 unspecified atom stereocenters. The van der Waals surface area contributed by atoms with Gasteiger partial charge in [0.1, 0.15) is 10.8 Å². The lowest BCUT2D eigenvalue weighted by Crippen LogP contribution is -2.40. The van der Waals surface area contributed by atoms with Crippen LogP contribution in [0.2, 0.25) is 0 Å². The molecule has 112 valence electrons. The van der Waals surface area contributed by atoms with Crippen LogP contribution in [0.3, 0.4) is 0 Å². The van der Waals surface area contributed by atoms with Gasteiger partial charge in [0, 0.05) is 30.6 Å². The Morgan fingerprint density at radius 1 is 1.38 bits per heavy atom. The standard InChI is InChI=1S/C16H20N2O2S/c1-12-9-18(7-8-20-12)10-14-11-21-16(17-14)13-3-5-15(19-2)6-4-13/h3-6,11-12H,7-10H2,1-2H3. The number of morpholine rings is 1. The van der Waals surface area contributed by atoms with Crippen molar-refractivity contribution in [2.45, 2.75) is 19.6 Å². The highest BCUT2D eigenvalue weighted by Gasteiger charge is 2.17. The Kier molecular flexibility index (Phi) is 4.53. The van der Waals surface area contributed by atoms with Gasteiger partial charge in [0.15, 0.2) is 0 Å². The number of ether oxygens (including phenoxy) is 2. The van der Waals surface area contributed by atoms with Crippen molar-refractivity contribution in [3.05, 3.63) is 35.3 Å². The zero-order chi connectivity index (χ0) is 14.7. The van der Waals surface area contributed by atoms with Crippen molar-refractivity contribution in [3.63, 3.8) is 0 Å². The summed E-state index contributed by atoms with van der Waals surface area (Å²) in [5, 5.41) is 3.22. The van der Waals surface area contributed by atoms with Crippen LogP contribution in [-0.4, -0.2) is 42.8 Å². The Balaban J connectivity index is 1.67. The largest absolute Gasteiger partial charge is 0.497 e. The molecule has 4 nitrogen and oxygen atoms in total. The number of aromatic nitrogens is 1. The Hall–Kier alpha value is -1.43. The fourth-order valence-corrected chi connectivity index (χ4v) is 3.33. The predicted molar refractivity (Wildman–Crippen MR) is 84.8 cm³/mol. The summed E-state index contributed by atoms with van der Waals surface area (Å²) in [5.41, 5.74) is 2.28. The molecule has 21 heavy (non-hydrogen) atoms. The minimum absolute atomic E-state index is 0.318. The summed E-state index contributed by atoms with van der Waals surface area (Å²) >= 11 is 1.70. The molecule has 0 bridgehead atoms. The van der Waals surface area contributed by atoms with Gasteiger partial charge in [0.25, 0.3) is 0 Å². The minimum Gasteiger partial charge on any atom is -0.497 e. The maximum absolute atomic E-state index is 5.57. The number of methoxy groups -OCH3 is 1. The first-order valence-corrected chi connectivity index (χ1v) is 8.05. The molecule has 2 aromatic rings. The van der Waals surface area contributed by atoms with Crippen molar-refractivity contribution in [1.29, 1.82) is 0 Å². The second-order valence-corrected chi connectivity index (χ2v) is 6.15. The third kappa shape index (κ3) is 3.61. The minimum atomic E-state index is 0.318. The van der Waals surface area contributed by atoms with Crippen molar-refractivity contribution in [2.24, 2.45) is 0 Å². The van der Waals surface area contributed by atoms with Crippen molar-refractivity contribution in [2.75, 3.05) is 26.8 Å². The lowest BCUT2D eigenvalue weighted by molar-refractivity contribution is -0.0215. The van der Waals surface area contributed by atoms with E-state index in [0.717, 1.165) is 48.3 Å². The molecule has 0 saturated carbocycles. The fourth-order valence-electron chi connectivity index (χ4n) is 2.51. The molecule has 1 atom stereocenters. The van der Waals surface area contributed by atoms with Crippen molar-refractivity contribution < 1.29 is 9.47 Å². The van der Waals surface area contributed by atoms with Crippen LogP contribution in [0.5, 0.6) is 5.75 Å². The zero-order valence-corrected chi connectivity index (χ0v) is 13.2. The van der Waals surface area contributed by atoms with Gasteiger partial charge in [-0.3, -0.25) is 4.90 Å². The molecular weight excluding hydrogens is 284 g/mol. The molecule has 0 radical (unpaired) electrons. The van der Waals surface area contributed by atoms with E-state index in [9.17, 15) is 0 Å². The molecule has 0 aliphatic carbocycles. The van der Waals surface area contributed by atoms with Gasteiger partial charge in [-0.2, -0.15) is 0 Å². The quantitative estimate of drug-likeness (QED) is 0.869. The van der Waals surface area contributed by atoms with Crippen LogP contribution >= 0.6 is 11.3 Å². The lowest BCUT2D eigenvalue weighted by Gasteiger charge is -2.30. The lowest BCUT2D eigenvalue weighted by atomic mass is 10.2. The maximum atomic E-state index is 5.57. The third-order valence-corrected chi connectivity index (χ3v) is 4.54. The second-order valence-electron chi connectivity index (χ2n) is 5.29. The van der Waals surface area contributed by atoms with E-state index < -0.39 is 0 Å². The summed E-state index contributed by atoms with van der Waals surface area (Å²) in [6.07, 6.45) is 0.318. The number of benzene rings is 1. The van der Waals surface area contributed by atoms with Crippen LogP contribution in [0.25, 0.3) is 10.6 Å². The molecular formula is C16H20N2O2S. The number of thiazole rings is 1. The topological polar surface area (TPSA) is 34.6 Å². The number of nitrogens with zero attached hydrogens (tertiary/aromatic N) is 2. The first-order chi connectivity index (χ1) is 10.2. The zero-order valence-electron chi connectivity index (χ0n) is 12.4. The van der Waals surface area contributed by atoms with Crippen LogP contribution in [0, 0.1) is 0 Å². The normalized spacial score (nSPS) is 19.6. The first kappa shape index (κ1) is 14.5. The Morgan fingerprint density at radius 2 is 2.19 bits per heavy atom. The molecule has 1 saturated heterocycles. The van der Waals surface area contributed by atoms with E-state index in [0.29, 0.717) is 6.10 Å². The first-order valence-electron chi connectivity index (χ1n) is 7.17. The monoisotopic (exact) mass is 304 g/mol. The van der Waals surface area contributed by atoms with Gasteiger partial charge in [0.2, 0.25) is 0 Å². The van der Waals surface area contributed by atoms with Crippen LogP contribution in [0.15, 0.2) is 29.6 Å². The highest BCUT2D eigenvalue weighted by molar-refractivity contribution is 7.13. The molecule has 0 spiro atoms. The number of rotatable bonds is 4. The van der Waals surface area contributed by atoms with Gasteiger partial charge in [-0.1, -0.05) is 0 Å². The average molecular weight is 304 g/mol. The average Bonchev–Trinajstić information content (AvgIpc) is 2.96. The molecule has 2 heterocycles. The number of hydrogen-bond acceptors (Lipinski definition) is 5. The predicted octanol–water partition coefficient (Wildman–Crippen LogP) is 3.04. The summed E-state index contributed by atoms with van der Waals surface area (Å²) in [7, 11) is 1.68. The molecule has 5 heteroatoms. The highest BCUT2D eigenvalue weighted by Crippen LogP contribution is 2.26. The summed E-state index contributed by atoms with van der Waals surface area (Å²) in [5.74, 6) is 0.873. The Labute approximate surface area is 129 Å². The molecule has 0 N–H and O–H groups in total. The van der Waals surface area contributed by atoms with Gasteiger partial charge in [0.05, 0.1) is 25.5 Å². The van der Waals surface area contributed by atoms with Crippen LogP contribution < -0.4 is 4.74 Å². The molecule has 1 fully saturated rings. The Morgan fingerprint density at radius 3 is 2.90 bits per heavy atom. The van der Waals surface area contributed by atoms with Gasteiger partial charge < -0.3 is 9.47 Å². The van der Waals surface area contributed by atoms with Crippen molar-refractivity contribution >= 4 is 11.3 Å². The Bertz CT molecular complexity index is 582. The smallest absolute Gasteiger partial charge is 0.123 e. The molecule has 1 aromatic carbocycles. The molecule has 1 aliphatic rings. The van der Waals surface area contributed by atoms with Gasteiger partial charge in [-0.15, -0.1) is 11.3 Å². The van der Waals surface area contributed by atoms with E-state index in [1.54, 1.807) is 18.4 Å². The summed E-state index contributed by atoms with van der Waals surface area (Å²) < 4.78 is 10.8. The van der Waals surface area contributed by atoms with Gasteiger partial charge in [-0.05, 0) is 31.2 Å².